The third-order valence-electron chi connectivity index (χ3n) is 4.26. The number of hydrogen-bond donors (Lipinski definition) is 2. The Balaban J connectivity index is 0.00000338. The molecule has 0 fully saturated rings. The zero-order chi connectivity index (χ0) is 18.1. The minimum absolute atomic E-state index is 0. The van der Waals surface area contributed by atoms with Gasteiger partial charge in [0.25, 0.3) is 0 Å². The van der Waals surface area contributed by atoms with Crippen LogP contribution in [0.2, 0.25) is 0 Å². The molecule has 0 spiro atoms. The van der Waals surface area contributed by atoms with Crippen molar-refractivity contribution in [3.05, 3.63) is 65.2 Å². The summed E-state index contributed by atoms with van der Waals surface area (Å²) in [5.74, 6) is 2.09. The molecule has 0 saturated heterocycles. The van der Waals surface area contributed by atoms with E-state index in [-0.39, 0.29) is 24.0 Å². The molecule has 1 unspecified atom stereocenters. The minimum Gasteiger partial charge on any atom is -0.496 e. The van der Waals surface area contributed by atoms with Crippen LogP contribution in [0.4, 0.5) is 0 Å². The molecule has 0 bridgehead atoms. The summed E-state index contributed by atoms with van der Waals surface area (Å²) in [6, 6.07) is 16.5. The van der Waals surface area contributed by atoms with E-state index >= 15 is 0 Å². The van der Waals surface area contributed by atoms with Gasteiger partial charge in [0.15, 0.2) is 5.96 Å². The number of para-hydroxylation sites is 1. The van der Waals surface area contributed by atoms with Crippen molar-refractivity contribution >= 4 is 29.9 Å². The molecule has 0 aliphatic carbocycles. The molecular weight excluding hydrogens is 437 g/mol. The molecule has 0 aromatic heterocycles. The number of hydrogen-bond acceptors (Lipinski definition) is 2. The minimum atomic E-state index is 0. The van der Waals surface area contributed by atoms with Crippen molar-refractivity contribution in [2.45, 2.75) is 33.2 Å². The Hall–Kier alpha value is -1.76. The monoisotopic (exact) mass is 467 g/mol. The number of methoxy groups -OCH3 is 1. The van der Waals surface area contributed by atoms with Gasteiger partial charge in [0, 0.05) is 19.0 Å². The van der Waals surface area contributed by atoms with Gasteiger partial charge in [-0.25, -0.2) is 4.99 Å². The van der Waals surface area contributed by atoms with E-state index in [0.29, 0.717) is 12.5 Å². The molecule has 0 amide bonds. The second-order valence-corrected chi connectivity index (χ2v) is 6.15. The second kappa shape index (κ2) is 11.8. The van der Waals surface area contributed by atoms with E-state index < -0.39 is 0 Å². The fourth-order valence-corrected chi connectivity index (χ4v) is 2.73. The maximum Gasteiger partial charge on any atom is 0.191 e. The summed E-state index contributed by atoms with van der Waals surface area (Å²) in [6.07, 6.45) is 0. The summed E-state index contributed by atoms with van der Waals surface area (Å²) in [7, 11) is 1.71. The van der Waals surface area contributed by atoms with Crippen LogP contribution in [-0.4, -0.2) is 26.2 Å². The van der Waals surface area contributed by atoms with Crippen molar-refractivity contribution in [1.82, 2.24) is 10.6 Å². The van der Waals surface area contributed by atoms with Crippen LogP contribution in [-0.2, 0) is 6.54 Å². The summed E-state index contributed by atoms with van der Waals surface area (Å²) in [4.78, 5) is 4.72. The van der Waals surface area contributed by atoms with Gasteiger partial charge in [0.05, 0.1) is 13.7 Å². The first-order valence-electron chi connectivity index (χ1n) is 8.85. The van der Waals surface area contributed by atoms with E-state index in [1.165, 1.54) is 16.7 Å². The Morgan fingerprint density at radius 3 is 2.46 bits per heavy atom. The topological polar surface area (TPSA) is 45.7 Å². The van der Waals surface area contributed by atoms with Crippen LogP contribution >= 0.6 is 24.0 Å². The lowest BCUT2D eigenvalue weighted by molar-refractivity contribution is 0.406. The standard InChI is InChI=1S/C21H29N3O.HI/c1-5-22-21(24-15-18-11-7-6-10-16(18)2)23-14-17(3)19-12-8-9-13-20(19)25-4;/h6-13,17H,5,14-15H2,1-4H3,(H2,22,23,24);1H. The summed E-state index contributed by atoms with van der Waals surface area (Å²) in [5, 5.41) is 6.76. The van der Waals surface area contributed by atoms with E-state index in [0.717, 1.165) is 24.8 Å². The highest BCUT2D eigenvalue weighted by Crippen LogP contribution is 2.25. The quantitative estimate of drug-likeness (QED) is 0.359. The van der Waals surface area contributed by atoms with Crippen molar-refractivity contribution in [3.63, 3.8) is 0 Å². The summed E-state index contributed by atoms with van der Waals surface area (Å²) in [5.41, 5.74) is 3.72. The van der Waals surface area contributed by atoms with Crippen molar-refractivity contribution in [2.24, 2.45) is 4.99 Å². The third-order valence-corrected chi connectivity index (χ3v) is 4.26. The summed E-state index contributed by atoms with van der Waals surface area (Å²) >= 11 is 0. The largest absolute Gasteiger partial charge is 0.496 e. The van der Waals surface area contributed by atoms with Crippen LogP contribution in [0.15, 0.2) is 53.5 Å². The first kappa shape index (κ1) is 22.3. The van der Waals surface area contributed by atoms with Gasteiger partial charge in [-0.05, 0) is 36.6 Å². The number of nitrogens with zero attached hydrogens (tertiary/aromatic N) is 1. The van der Waals surface area contributed by atoms with E-state index in [9.17, 15) is 0 Å². The van der Waals surface area contributed by atoms with Crippen molar-refractivity contribution in [2.75, 3.05) is 20.2 Å². The number of ether oxygens (including phenoxy) is 1. The molecule has 142 valence electrons. The van der Waals surface area contributed by atoms with Gasteiger partial charge in [-0.2, -0.15) is 0 Å². The molecule has 0 saturated carbocycles. The molecule has 2 rings (SSSR count). The number of aryl methyl sites for hydroxylation is 1. The Labute approximate surface area is 174 Å². The Kier molecular flexibility index (Phi) is 10.1. The summed E-state index contributed by atoms with van der Waals surface area (Å²) < 4.78 is 5.47. The van der Waals surface area contributed by atoms with Crippen LogP contribution in [0, 0.1) is 6.92 Å². The van der Waals surface area contributed by atoms with Crippen molar-refractivity contribution in [3.8, 4) is 5.75 Å². The van der Waals surface area contributed by atoms with Crippen LogP contribution in [0.3, 0.4) is 0 Å². The predicted molar refractivity (Wildman–Crippen MR) is 121 cm³/mol. The van der Waals surface area contributed by atoms with Gasteiger partial charge in [-0.15, -0.1) is 24.0 Å². The van der Waals surface area contributed by atoms with Gasteiger partial charge in [0.2, 0.25) is 0 Å². The fourth-order valence-electron chi connectivity index (χ4n) is 2.73. The number of aliphatic imine (C=N–C) groups is 1. The van der Waals surface area contributed by atoms with Gasteiger partial charge >= 0.3 is 0 Å². The van der Waals surface area contributed by atoms with Crippen LogP contribution in [0.1, 0.15) is 36.5 Å². The molecule has 2 N–H and O–H groups in total. The molecule has 0 aliphatic heterocycles. The molecule has 26 heavy (non-hydrogen) atoms. The number of guanidine groups is 1. The first-order valence-corrected chi connectivity index (χ1v) is 8.85. The molecule has 4 nitrogen and oxygen atoms in total. The van der Waals surface area contributed by atoms with Gasteiger partial charge in [0.1, 0.15) is 5.75 Å². The SMILES string of the molecule is CCNC(=NCc1ccccc1C)NCC(C)c1ccccc1OC.I. The van der Waals surface area contributed by atoms with Crippen LogP contribution in [0.5, 0.6) is 5.75 Å². The molecular formula is C21H30IN3O. The highest BCUT2D eigenvalue weighted by molar-refractivity contribution is 14.0. The fraction of sp³-hybridized carbons (Fsp3) is 0.381. The lowest BCUT2D eigenvalue weighted by Crippen LogP contribution is -2.39. The van der Waals surface area contributed by atoms with E-state index in [2.05, 4.69) is 61.7 Å². The average Bonchev–Trinajstić information content (AvgIpc) is 2.64. The maximum atomic E-state index is 5.47. The number of benzene rings is 2. The Morgan fingerprint density at radius 1 is 1.08 bits per heavy atom. The lowest BCUT2D eigenvalue weighted by atomic mass is 10.0. The average molecular weight is 467 g/mol. The normalized spacial score (nSPS) is 12.1. The molecule has 2 aromatic carbocycles. The maximum absolute atomic E-state index is 5.47. The van der Waals surface area contributed by atoms with E-state index in [4.69, 9.17) is 9.73 Å². The number of nitrogens with one attached hydrogen (secondary N) is 2. The highest BCUT2D eigenvalue weighted by atomic mass is 127. The van der Waals surface area contributed by atoms with Gasteiger partial charge in [-0.1, -0.05) is 49.4 Å². The zero-order valence-corrected chi connectivity index (χ0v) is 18.4. The number of rotatable bonds is 7. The van der Waals surface area contributed by atoms with E-state index in [1.807, 2.05) is 18.2 Å². The van der Waals surface area contributed by atoms with Crippen LogP contribution in [0.25, 0.3) is 0 Å². The Morgan fingerprint density at radius 2 is 1.77 bits per heavy atom. The molecule has 0 aliphatic rings. The molecule has 0 radical (unpaired) electrons. The van der Waals surface area contributed by atoms with Gasteiger partial charge in [-0.3, -0.25) is 0 Å². The number of halogens is 1. The molecule has 2 aromatic rings. The smallest absolute Gasteiger partial charge is 0.191 e. The highest BCUT2D eigenvalue weighted by Gasteiger charge is 2.11. The molecule has 0 heterocycles. The third kappa shape index (κ3) is 6.52. The predicted octanol–water partition coefficient (Wildman–Crippen LogP) is 4.48. The van der Waals surface area contributed by atoms with Crippen molar-refractivity contribution < 1.29 is 4.74 Å². The second-order valence-electron chi connectivity index (χ2n) is 6.15. The van der Waals surface area contributed by atoms with E-state index in [1.54, 1.807) is 7.11 Å². The lowest BCUT2D eigenvalue weighted by Gasteiger charge is -2.18. The zero-order valence-electron chi connectivity index (χ0n) is 16.1. The Bertz CT molecular complexity index is 703. The first-order chi connectivity index (χ1) is 12.2. The van der Waals surface area contributed by atoms with Gasteiger partial charge < -0.3 is 15.4 Å². The molecule has 5 heteroatoms. The van der Waals surface area contributed by atoms with Crippen molar-refractivity contribution in [1.29, 1.82) is 0 Å². The molecule has 1 atom stereocenters. The van der Waals surface area contributed by atoms with Crippen LogP contribution < -0.4 is 15.4 Å². The summed E-state index contributed by atoms with van der Waals surface area (Å²) in [6.45, 7) is 8.69.